The van der Waals surface area contributed by atoms with Crippen LogP contribution in [-0.4, -0.2) is 12.8 Å². The first kappa shape index (κ1) is 14.8. The zero-order valence-electron chi connectivity index (χ0n) is 10.6. The van der Waals surface area contributed by atoms with Gasteiger partial charge in [0.15, 0.2) is 6.61 Å². The molecule has 0 spiro atoms. The van der Waals surface area contributed by atoms with Crippen LogP contribution in [-0.2, 0) is 6.42 Å². The van der Waals surface area contributed by atoms with E-state index in [9.17, 15) is 17.6 Å². The van der Waals surface area contributed by atoms with E-state index in [-0.39, 0.29) is 16.7 Å². The van der Waals surface area contributed by atoms with E-state index in [2.05, 4.69) is 4.74 Å². The van der Waals surface area contributed by atoms with Gasteiger partial charge in [0.1, 0.15) is 11.6 Å². The highest BCUT2D eigenvalue weighted by Gasteiger charge is 2.29. The molecule has 5 heteroatoms. The highest BCUT2D eigenvalue weighted by atomic mass is 19.4. The van der Waals surface area contributed by atoms with Crippen LogP contribution in [0.1, 0.15) is 26.3 Å². The third-order valence-electron chi connectivity index (χ3n) is 2.17. The second kappa shape index (κ2) is 5.16. The van der Waals surface area contributed by atoms with Gasteiger partial charge in [0.25, 0.3) is 0 Å². The van der Waals surface area contributed by atoms with E-state index < -0.39 is 18.6 Å². The molecule has 0 atom stereocenters. The first-order chi connectivity index (χ1) is 8.08. The van der Waals surface area contributed by atoms with Crippen molar-refractivity contribution in [1.29, 1.82) is 0 Å². The summed E-state index contributed by atoms with van der Waals surface area (Å²) in [7, 11) is 0. The molecule has 0 radical (unpaired) electrons. The Kier molecular flexibility index (Phi) is 4.24. The summed E-state index contributed by atoms with van der Waals surface area (Å²) in [6, 6.07) is 3.92. The van der Waals surface area contributed by atoms with Crippen LogP contribution in [0, 0.1) is 11.2 Å². The number of ether oxygens (including phenoxy) is 1. The fourth-order valence-electron chi connectivity index (χ4n) is 1.54. The molecule has 1 aromatic rings. The zero-order chi connectivity index (χ0) is 14.0. The highest BCUT2D eigenvalue weighted by molar-refractivity contribution is 5.35. The van der Waals surface area contributed by atoms with Crippen LogP contribution in [0.25, 0.3) is 0 Å². The average Bonchev–Trinajstić information content (AvgIpc) is 2.16. The van der Waals surface area contributed by atoms with E-state index in [1.807, 2.05) is 20.8 Å². The molecule has 0 bridgehead atoms. The molecule has 0 saturated heterocycles. The lowest BCUT2D eigenvalue weighted by Crippen LogP contribution is -2.20. The molecule has 102 valence electrons. The molecular formula is C13H16F4O. The third kappa shape index (κ3) is 4.94. The quantitative estimate of drug-likeness (QED) is 0.737. The molecular weight excluding hydrogens is 248 g/mol. The average molecular weight is 264 g/mol. The third-order valence-corrected chi connectivity index (χ3v) is 2.17. The second-order valence-corrected chi connectivity index (χ2v) is 5.36. The van der Waals surface area contributed by atoms with Gasteiger partial charge in [-0.2, -0.15) is 13.2 Å². The highest BCUT2D eigenvalue weighted by Crippen LogP contribution is 2.30. The Morgan fingerprint density at radius 1 is 1.11 bits per heavy atom. The van der Waals surface area contributed by atoms with Crippen LogP contribution in [0.4, 0.5) is 17.6 Å². The van der Waals surface area contributed by atoms with Crippen LogP contribution in [0.15, 0.2) is 18.2 Å². The maximum atomic E-state index is 13.6. The maximum Gasteiger partial charge on any atom is 0.422 e. The number of hydrogen-bond donors (Lipinski definition) is 0. The molecule has 1 nitrogen and oxygen atoms in total. The monoisotopic (exact) mass is 264 g/mol. The molecule has 1 rings (SSSR count). The second-order valence-electron chi connectivity index (χ2n) is 5.36. The molecule has 0 fully saturated rings. The first-order valence-electron chi connectivity index (χ1n) is 5.55. The van der Waals surface area contributed by atoms with E-state index in [1.54, 1.807) is 0 Å². The molecule has 0 saturated carbocycles. The van der Waals surface area contributed by atoms with Crippen LogP contribution < -0.4 is 4.74 Å². The van der Waals surface area contributed by atoms with Crippen molar-refractivity contribution in [2.75, 3.05) is 6.61 Å². The predicted octanol–water partition coefficient (Wildman–Crippen LogP) is 4.36. The number of halogens is 4. The Labute approximate surface area is 104 Å². The lowest BCUT2D eigenvalue weighted by Gasteiger charge is -2.21. The van der Waals surface area contributed by atoms with Gasteiger partial charge in [0.05, 0.1) is 0 Å². The van der Waals surface area contributed by atoms with Crippen molar-refractivity contribution < 1.29 is 22.3 Å². The fourth-order valence-corrected chi connectivity index (χ4v) is 1.54. The molecule has 18 heavy (non-hydrogen) atoms. The normalized spacial score (nSPS) is 12.6. The molecule has 1 aromatic carbocycles. The van der Waals surface area contributed by atoms with Crippen molar-refractivity contribution in [3.8, 4) is 5.75 Å². The summed E-state index contributed by atoms with van der Waals surface area (Å²) in [4.78, 5) is 0. The van der Waals surface area contributed by atoms with Crippen molar-refractivity contribution in [3.63, 3.8) is 0 Å². The Morgan fingerprint density at radius 2 is 1.72 bits per heavy atom. The largest absolute Gasteiger partial charge is 0.484 e. The number of benzene rings is 1. The Morgan fingerprint density at radius 3 is 2.22 bits per heavy atom. The van der Waals surface area contributed by atoms with Crippen molar-refractivity contribution in [3.05, 3.63) is 29.6 Å². The fraction of sp³-hybridized carbons (Fsp3) is 0.538. The van der Waals surface area contributed by atoms with Gasteiger partial charge in [-0.05, 0) is 24.0 Å². The van der Waals surface area contributed by atoms with Gasteiger partial charge in [0.2, 0.25) is 0 Å². The van der Waals surface area contributed by atoms with Crippen LogP contribution in [0.3, 0.4) is 0 Å². The summed E-state index contributed by atoms with van der Waals surface area (Å²) >= 11 is 0. The van der Waals surface area contributed by atoms with E-state index in [0.717, 1.165) is 0 Å². The number of hydrogen-bond acceptors (Lipinski definition) is 1. The van der Waals surface area contributed by atoms with Gasteiger partial charge in [-0.3, -0.25) is 0 Å². The summed E-state index contributed by atoms with van der Waals surface area (Å²) in [5, 5.41) is 0. The van der Waals surface area contributed by atoms with E-state index in [4.69, 9.17) is 0 Å². The molecule has 0 aliphatic heterocycles. The lowest BCUT2D eigenvalue weighted by atomic mass is 9.87. The number of alkyl halides is 3. The van der Waals surface area contributed by atoms with Crippen LogP contribution in [0.5, 0.6) is 5.75 Å². The standard InChI is InChI=1S/C13H16F4O/c1-12(2,3)7-9-10(14)5-4-6-11(9)18-8-13(15,16)17/h4-6H,7-8H2,1-3H3. The summed E-state index contributed by atoms with van der Waals surface area (Å²) in [6.07, 6.45) is -4.11. The molecule has 0 heterocycles. The summed E-state index contributed by atoms with van der Waals surface area (Å²) in [5.74, 6) is -0.577. The molecule has 0 aliphatic carbocycles. The Bertz CT molecular complexity index is 404. The Hall–Kier alpha value is -1.26. The van der Waals surface area contributed by atoms with Gasteiger partial charge >= 0.3 is 6.18 Å². The molecule has 0 unspecified atom stereocenters. The van der Waals surface area contributed by atoms with Gasteiger partial charge in [-0.25, -0.2) is 4.39 Å². The minimum atomic E-state index is -4.43. The van der Waals surface area contributed by atoms with E-state index in [0.29, 0.717) is 6.42 Å². The SMILES string of the molecule is CC(C)(C)Cc1c(F)cccc1OCC(F)(F)F. The summed E-state index contributed by atoms with van der Waals surface area (Å²) in [6.45, 7) is 4.24. The summed E-state index contributed by atoms with van der Waals surface area (Å²) < 4.78 is 54.6. The molecule has 0 aromatic heterocycles. The molecule has 0 aliphatic rings. The lowest BCUT2D eigenvalue weighted by molar-refractivity contribution is -0.153. The van der Waals surface area contributed by atoms with E-state index >= 15 is 0 Å². The zero-order valence-corrected chi connectivity index (χ0v) is 10.6. The molecule has 0 N–H and O–H groups in total. The van der Waals surface area contributed by atoms with Crippen molar-refractivity contribution in [2.24, 2.45) is 5.41 Å². The maximum absolute atomic E-state index is 13.6. The predicted molar refractivity (Wildman–Crippen MR) is 61.1 cm³/mol. The van der Waals surface area contributed by atoms with Crippen molar-refractivity contribution in [1.82, 2.24) is 0 Å². The molecule has 0 amide bonds. The van der Waals surface area contributed by atoms with Gasteiger partial charge in [0, 0.05) is 5.56 Å². The minimum absolute atomic E-state index is 0.0396. The minimum Gasteiger partial charge on any atom is -0.484 e. The smallest absolute Gasteiger partial charge is 0.422 e. The van der Waals surface area contributed by atoms with Crippen molar-refractivity contribution in [2.45, 2.75) is 33.4 Å². The van der Waals surface area contributed by atoms with Gasteiger partial charge < -0.3 is 4.74 Å². The van der Waals surface area contributed by atoms with Crippen LogP contribution in [0.2, 0.25) is 0 Å². The van der Waals surface area contributed by atoms with Crippen molar-refractivity contribution >= 4 is 0 Å². The topological polar surface area (TPSA) is 9.23 Å². The van der Waals surface area contributed by atoms with Crippen LogP contribution >= 0.6 is 0 Å². The Balaban J connectivity index is 2.94. The number of rotatable bonds is 3. The van der Waals surface area contributed by atoms with E-state index in [1.165, 1.54) is 18.2 Å². The first-order valence-corrected chi connectivity index (χ1v) is 5.55. The van der Waals surface area contributed by atoms with Gasteiger partial charge in [-0.15, -0.1) is 0 Å². The summed E-state index contributed by atoms with van der Waals surface area (Å²) in [5.41, 5.74) is -0.0484. The van der Waals surface area contributed by atoms with Gasteiger partial charge in [-0.1, -0.05) is 26.8 Å².